The first-order valence-electron chi connectivity index (χ1n) is 7.19. The molecule has 3 rings (SSSR count). The van der Waals surface area contributed by atoms with Crippen LogP contribution in [0.1, 0.15) is 11.8 Å². The van der Waals surface area contributed by atoms with Gasteiger partial charge in [-0.25, -0.2) is 15.0 Å². The molecule has 0 atom stereocenters. The molecule has 0 spiro atoms. The van der Waals surface area contributed by atoms with Crippen LogP contribution < -0.4 is 15.4 Å². The summed E-state index contributed by atoms with van der Waals surface area (Å²) in [4.78, 5) is 26.8. The van der Waals surface area contributed by atoms with E-state index in [1.807, 2.05) is 6.20 Å². The van der Waals surface area contributed by atoms with Crippen LogP contribution in [0.25, 0.3) is 0 Å². The Balaban J connectivity index is 1.45. The van der Waals surface area contributed by atoms with E-state index >= 15 is 0 Å². The second-order valence-corrected chi connectivity index (χ2v) is 6.41. The Bertz CT molecular complexity index is 685. The topological polar surface area (TPSA) is 92.3 Å². The Kier molecular flexibility index (Phi) is 4.68. The minimum Gasteiger partial charge on any atom is -0.481 e. The third-order valence-electron chi connectivity index (χ3n) is 3.38. The zero-order valence-electron chi connectivity index (χ0n) is 12.9. The summed E-state index contributed by atoms with van der Waals surface area (Å²) in [6.45, 7) is 4.18. The fourth-order valence-electron chi connectivity index (χ4n) is 2.34. The lowest BCUT2D eigenvalue weighted by Crippen LogP contribution is -2.54. The van der Waals surface area contributed by atoms with Crippen LogP contribution >= 0.6 is 11.3 Å². The van der Waals surface area contributed by atoms with Crippen LogP contribution in [-0.2, 0) is 11.3 Å². The van der Waals surface area contributed by atoms with Gasteiger partial charge in [-0.15, -0.1) is 11.3 Å². The number of hydrogen-bond donors (Lipinski definition) is 2. The first kappa shape index (κ1) is 15.6. The molecular weight excluding hydrogens is 316 g/mol. The molecule has 2 aromatic heterocycles. The van der Waals surface area contributed by atoms with E-state index in [1.165, 1.54) is 24.6 Å². The summed E-state index contributed by atoms with van der Waals surface area (Å²) in [5.74, 6) is 1.22. The SMILES string of the molecule is COc1cc(NC2CN(Cc3cnc(NC(C)=O)s3)C2)ncn1. The molecule has 0 saturated carbocycles. The summed E-state index contributed by atoms with van der Waals surface area (Å²) in [5, 5.41) is 6.71. The zero-order valence-corrected chi connectivity index (χ0v) is 13.8. The predicted octanol–water partition coefficient (Wildman–Crippen LogP) is 1.20. The van der Waals surface area contributed by atoms with Crippen molar-refractivity contribution in [3.63, 3.8) is 0 Å². The van der Waals surface area contributed by atoms with Crippen molar-refractivity contribution in [2.24, 2.45) is 0 Å². The number of carbonyl (C=O) groups excluding carboxylic acids is 1. The third kappa shape index (κ3) is 4.14. The van der Waals surface area contributed by atoms with Gasteiger partial charge in [-0.3, -0.25) is 9.69 Å². The van der Waals surface area contributed by atoms with E-state index in [2.05, 4.69) is 30.5 Å². The van der Waals surface area contributed by atoms with E-state index in [0.29, 0.717) is 17.1 Å². The van der Waals surface area contributed by atoms with E-state index in [0.717, 1.165) is 30.3 Å². The number of amides is 1. The van der Waals surface area contributed by atoms with Crippen molar-refractivity contribution in [3.8, 4) is 5.88 Å². The number of nitrogens with zero attached hydrogens (tertiary/aromatic N) is 4. The van der Waals surface area contributed by atoms with Crippen molar-refractivity contribution in [2.75, 3.05) is 30.8 Å². The molecule has 1 amide bonds. The second kappa shape index (κ2) is 6.88. The lowest BCUT2D eigenvalue weighted by atomic mass is 10.1. The van der Waals surface area contributed by atoms with Crippen molar-refractivity contribution in [1.82, 2.24) is 19.9 Å². The van der Waals surface area contributed by atoms with Gasteiger partial charge < -0.3 is 15.4 Å². The van der Waals surface area contributed by atoms with E-state index in [1.54, 1.807) is 13.2 Å². The highest BCUT2D eigenvalue weighted by Gasteiger charge is 2.27. The summed E-state index contributed by atoms with van der Waals surface area (Å²) < 4.78 is 5.08. The van der Waals surface area contributed by atoms with Crippen LogP contribution in [0.15, 0.2) is 18.6 Å². The van der Waals surface area contributed by atoms with E-state index in [9.17, 15) is 4.79 Å². The molecule has 9 heteroatoms. The first-order valence-corrected chi connectivity index (χ1v) is 8.01. The standard InChI is InChI=1S/C14H18N6O2S/c1-9(21)18-14-15-4-11(23-14)7-20-5-10(6-20)19-12-3-13(22-2)17-8-16-12/h3-4,8,10H,5-7H2,1-2H3,(H,15,18,21)(H,16,17,19). The molecule has 0 radical (unpaired) electrons. The van der Waals surface area contributed by atoms with Crippen molar-refractivity contribution in [2.45, 2.75) is 19.5 Å². The van der Waals surface area contributed by atoms with Gasteiger partial charge in [0, 0.05) is 43.7 Å². The molecule has 2 N–H and O–H groups in total. The van der Waals surface area contributed by atoms with Crippen molar-refractivity contribution in [3.05, 3.63) is 23.5 Å². The fraction of sp³-hybridized carbons (Fsp3) is 0.429. The largest absolute Gasteiger partial charge is 0.481 e. The van der Waals surface area contributed by atoms with Gasteiger partial charge in [0.15, 0.2) is 5.13 Å². The minimum atomic E-state index is -0.0978. The molecule has 1 saturated heterocycles. The van der Waals surface area contributed by atoms with Crippen molar-refractivity contribution in [1.29, 1.82) is 0 Å². The Labute approximate surface area is 137 Å². The monoisotopic (exact) mass is 334 g/mol. The smallest absolute Gasteiger partial charge is 0.223 e. The van der Waals surface area contributed by atoms with Crippen LogP contribution in [0, 0.1) is 0 Å². The second-order valence-electron chi connectivity index (χ2n) is 5.29. The van der Waals surface area contributed by atoms with Crippen LogP contribution in [0.2, 0.25) is 0 Å². The van der Waals surface area contributed by atoms with E-state index in [-0.39, 0.29) is 5.91 Å². The number of nitrogens with one attached hydrogen (secondary N) is 2. The number of aromatic nitrogens is 3. The number of methoxy groups -OCH3 is 1. The van der Waals surface area contributed by atoms with Crippen LogP contribution in [0.4, 0.5) is 10.9 Å². The lowest BCUT2D eigenvalue weighted by Gasteiger charge is -2.39. The van der Waals surface area contributed by atoms with Crippen LogP contribution in [0.3, 0.4) is 0 Å². The third-order valence-corrected chi connectivity index (χ3v) is 4.27. The molecule has 1 fully saturated rings. The molecule has 122 valence electrons. The Morgan fingerprint density at radius 2 is 2.26 bits per heavy atom. The molecule has 2 aromatic rings. The summed E-state index contributed by atoms with van der Waals surface area (Å²) >= 11 is 1.51. The average Bonchev–Trinajstić information content (AvgIpc) is 2.91. The maximum Gasteiger partial charge on any atom is 0.223 e. The van der Waals surface area contributed by atoms with Gasteiger partial charge in [0.25, 0.3) is 0 Å². The molecule has 0 aliphatic carbocycles. The predicted molar refractivity (Wildman–Crippen MR) is 87.7 cm³/mol. The van der Waals surface area contributed by atoms with Gasteiger partial charge >= 0.3 is 0 Å². The molecule has 23 heavy (non-hydrogen) atoms. The Hall–Kier alpha value is -2.26. The average molecular weight is 334 g/mol. The minimum absolute atomic E-state index is 0.0978. The highest BCUT2D eigenvalue weighted by molar-refractivity contribution is 7.15. The van der Waals surface area contributed by atoms with Gasteiger partial charge in [-0.1, -0.05) is 0 Å². The highest BCUT2D eigenvalue weighted by Crippen LogP contribution is 2.23. The molecular formula is C14H18N6O2S. The molecule has 3 heterocycles. The fourth-order valence-corrected chi connectivity index (χ4v) is 3.24. The van der Waals surface area contributed by atoms with Gasteiger partial charge in [-0.2, -0.15) is 0 Å². The van der Waals surface area contributed by atoms with Gasteiger partial charge in [0.05, 0.1) is 13.2 Å². The van der Waals surface area contributed by atoms with Crippen molar-refractivity contribution < 1.29 is 9.53 Å². The highest BCUT2D eigenvalue weighted by atomic mass is 32.1. The number of carbonyl (C=O) groups is 1. The first-order chi connectivity index (χ1) is 11.1. The number of hydrogen-bond acceptors (Lipinski definition) is 8. The van der Waals surface area contributed by atoms with E-state index < -0.39 is 0 Å². The maximum atomic E-state index is 11.0. The van der Waals surface area contributed by atoms with Gasteiger partial charge in [0.1, 0.15) is 12.1 Å². The molecule has 1 aliphatic heterocycles. The molecule has 1 aliphatic rings. The quantitative estimate of drug-likeness (QED) is 0.820. The Morgan fingerprint density at radius 1 is 1.43 bits per heavy atom. The van der Waals surface area contributed by atoms with E-state index in [4.69, 9.17) is 4.74 Å². The Morgan fingerprint density at radius 3 is 3.00 bits per heavy atom. The number of rotatable bonds is 6. The van der Waals surface area contributed by atoms with Gasteiger partial charge in [-0.05, 0) is 0 Å². The maximum absolute atomic E-state index is 11.0. The number of likely N-dealkylation sites (tertiary alicyclic amines) is 1. The van der Waals surface area contributed by atoms with Crippen LogP contribution in [0.5, 0.6) is 5.88 Å². The molecule has 8 nitrogen and oxygen atoms in total. The molecule has 0 bridgehead atoms. The van der Waals surface area contributed by atoms with Crippen LogP contribution in [-0.4, -0.2) is 52.0 Å². The molecule has 0 aromatic carbocycles. The van der Waals surface area contributed by atoms with Crippen molar-refractivity contribution >= 4 is 28.2 Å². The lowest BCUT2D eigenvalue weighted by molar-refractivity contribution is -0.114. The van der Waals surface area contributed by atoms with Gasteiger partial charge in [0.2, 0.25) is 11.8 Å². The summed E-state index contributed by atoms with van der Waals surface area (Å²) in [7, 11) is 1.58. The zero-order chi connectivity index (χ0) is 16.2. The summed E-state index contributed by atoms with van der Waals surface area (Å²) in [6, 6.07) is 2.14. The number of anilines is 2. The summed E-state index contributed by atoms with van der Waals surface area (Å²) in [6.07, 6.45) is 3.30. The summed E-state index contributed by atoms with van der Waals surface area (Å²) in [5.41, 5.74) is 0. The number of ether oxygens (including phenoxy) is 1. The molecule has 0 unspecified atom stereocenters. The number of thiazole rings is 1. The normalized spacial score (nSPS) is 15.0.